The molecule has 1 heterocycles. The Balaban J connectivity index is 1.86. The molecule has 0 radical (unpaired) electrons. The van der Waals surface area contributed by atoms with Crippen molar-refractivity contribution in [3.8, 4) is 0 Å². The Morgan fingerprint density at radius 3 is 2.83 bits per heavy atom. The SMILES string of the molecule is Cc1cc(Cl)ccc1N=C1NC(=O)/C(=C/c2cccc(Br)c2)S1. The van der Waals surface area contributed by atoms with Crippen molar-refractivity contribution >= 4 is 62.1 Å². The number of nitrogens with one attached hydrogen (secondary N) is 1. The fraction of sp³-hybridized carbons (Fsp3) is 0.0588. The second kappa shape index (κ2) is 6.91. The van der Waals surface area contributed by atoms with E-state index in [1.54, 1.807) is 6.07 Å². The van der Waals surface area contributed by atoms with Crippen LogP contribution in [0.4, 0.5) is 5.69 Å². The Labute approximate surface area is 152 Å². The number of carbonyl (C=O) groups excluding carboxylic acids is 1. The molecule has 1 aliphatic rings. The summed E-state index contributed by atoms with van der Waals surface area (Å²) in [5.74, 6) is -0.139. The van der Waals surface area contributed by atoms with Crippen LogP contribution in [0.3, 0.4) is 0 Å². The molecule has 0 unspecified atom stereocenters. The number of rotatable bonds is 2. The first-order chi connectivity index (χ1) is 11.0. The van der Waals surface area contributed by atoms with Crippen molar-refractivity contribution in [2.45, 2.75) is 6.92 Å². The second-order valence-corrected chi connectivity index (χ2v) is 7.35. The van der Waals surface area contributed by atoms with Gasteiger partial charge in [0.15, 0.2) is 5.17 Å². The summed E-state index contributed by atoms with van der Waals surface area (Å²) >= 11 is 10.7. The number of amidine groups is 1. The molecular weight excluding hydrogens is 396 g/mol. The van der Waals surface area contributed by atoms with Crippen molar-refractivity contribution in [1.82, 2.24) is 5.32 Å². The zero-order valence-electron chi connectivity index (χ0n) is 12.1. The molecular formula is C17H12BrClN2OS. The number of aliphatic imine (C=N–C) groups is 1. The first-order valence-corrected chi connectivity index (χ1v) is 8.81. The fourth-order valence-electron chi connectivity index (χ4n) is 2.08. The number of carbonyl (C=O) groups is 1. The summed E-state index contributed by atoms with van der Waals surface area (Å²) in [4.78, 5) is 17.2. The van der Waals surface area contributed by atoms with E-state index in [9.17, 15) is 4.79 Å². The molecule has 1 N–H and O–H groups in total. The molecule has 0 aromatic heterocycles. The van der Waals surface area contributed by atoms with E-state index >= 15 is 0 Å². The number of amides is 1. The van der Waals surface area contributed by atoms with E-state index in [-0.39, 0.29) is 5.91 Å². The van der Waals surface area contributed by atoms with Crippen LogP contribution in [0.15, 0.2) is 56.8 Å². The van der Waals surface area contributed by atoms with Crippen LogP contribution in [0, 0.1) is 6.92 Å². The normalized spacial score (nSPS) is 17.8. The summed E-state index contributed by atoms with van der Waals surface area (Å²) in [6.07, 6.45) is 1.85. The quantitative estimate of drug-likeness (QED) is 0.686. The van der Waals surface area contributed by atoms with E-state index < -0.39 is 0 Å². The van der Waals surface area contributed by atoms with E-state index in [2.05, 4.69) is 26.2 Å². The molecule has 1 fully saturated rings. The zero-order valence-corrected chi connectivity index (χ0v) is 15.3. The van der Waals surface area contributed by atoms with E-state index in [0.717, 1.165) is 21.3 Å². The van der Waals surface area contributed by atoms with Gasteiger partial charge in [0.2, 0.25) is 0 Å². The van der Waals surface area contributed by atoms with E-state index in [1.807, 2.05) is 49.4 Å². The fourth-order valence-corrected chi connectivity index (χ4v) is 3.56. The van der Waals surface area contributed by atoms with Crippen molar-refractivity contribution in [3.05, 3.63) is 68.0 Å². The van der Waals surface area contributed by atoms with E-state index in [1.165, 1.54) is 11.8 Å². The maximum absolute atomic E-state index is 12.1. The first-order valence-electron chi connectivity index (χ1n) is 6.82. The van der Waals surface area contributed by atoms with Crippen molar-refractivity contribution in [3.63, 3.8) is 0 Å². The van der Waals surface area contributed by atoms with Crippen molar-refractivity contribution in [2.75, 3.05) is 0 Å². The van der Waals surface area contributed by atoms with Gasteiger partial charge < -0.3 is 5.32 Å². The monoisotopic (exact) mass is 406 g/mol. The Bertz CT molecular complexity index is 848. The largest absolute Gasteiger partial charge is 0.300 e. The Kier molecular flexibility index (Phi) is 4.90. The molecule has 0 saturated carbocycles. The lowest BCUT2D eigenvalue weighted by Crippen LogP contribution is -2.19. The summed E-state index contributed by atoms with van der Waals surface area (Å²) in [6.45, 7) is 1.94. The Hall–Kier alpha value is -1.56. The minimum atomic E-state index is -0.139. The predicted octanol–water partition coefficient (Wildman–Crippen LogP) is 5.30. The van der Waals surface area contributed by atoms with Crippen LogP contribution in [-0.4, -0.2) is 11.1 Å². The average molecular weight is 408 g/mol. The van der Waals surface area contributed by atoms with Gasteiger partial charge in [0.1, 0.15) is 0 Å². The van der Waals surface area contributed by atoms with Gasteiger partial charge in [-0.25, -0.2) is 4.99 Å². The third kappa shape index (κ3) is 4.05. The van der Waals surface area contributed by atoms with Gasteiger partial charge in [-0.15, -0.1) is 0 Å². The highest BCUT2D eigenvalue weighted by molar-refractivity contribution is 9.10. The van der Waals surface area contributed by atoms with Gasteiger partial charge in [-0.05, 0) is 66.2 Å². The molecule has 116 valence electrons. The Morgan fingerprint density at radius 2 is 2.09 bits per heavy atom. The van der Waals surface area contributed by atoms with Gasteiger partial charge in [-0.2, -0.15) is 0 Å². The van der Waals surface area contributed by atoms with Gasteiger partial charge in [-0.3, -0.25) is 4.79 Å². The number of benzene rings is 2. The van der Waals surface area contributed by atoms with E-state index in [4.69, 9.17) is 11.6 Å². The van der Waals surface area contributed by atoms with Crippen molar-refractivity contribution in [2.24, 2.45) is 4.99 Å². The number of aryl methyl sites for hydroxylation is 1. The van der Waals surface area contributed by atoms with E-state index in [0.29, 0.717) is 15.1 Å². The molecule has 3 rings (SSSR count). The van der Waals surface area contributed by atoms with Gasteiger partial charge >= 0.3 is 0 Å². The molecule has 1 aliphatic heterocycles. The maximum Gasteiger partial charge on any atom is 0.264 e. The molecule has 0 spiro atoms. The molecule has 0 atom stereocenters. The molecule has 1 amide bonds. The summed E-state index contributed by atoms with van der Waals surface area (Å²) in [5.41, 5.74) is 2.71. The van der Waals surface area contributed by atoms with Crippen LogP contribution in [-0.2, 0) is 4.79 Å². The number of nitrogens with zero attached hydrogens (tertiary/aromatic N) is 1. The number of hydrogen-bond donors (Lipinski definition) is 1. The molecule has 23 heavy (non-hydrogen) atoms. The maximum atomic E-state index is 12.1. The van der Waals surface area contributed by atoms with Crippen LogP contribution in [0.2, 0.25) is 5.02 Å². The topological polar surface area (TPSA) is 41.5 Å². The highest BCUT2D eigenvalue weighted by Gasteiger charge is 2.23. The van der Waals surface area contributed by atoms with Crippen LogP contribution in [0.5, 0.6) is 0 Å². The van der Waals surface area contributed by atoms with Crippen LogP contribution in [0.25, 0.3) is 6.08 Å². The number of thioether (sulfide) groups is 1. The summed E-state index contributed by atoms with van der Waals surface area (Å²) < 4.78 is 0.973. The highest BCUT2D eigenvalue weighted by Crippen LogP contribution is 2.30. The molecule has 0 bridgehead atoms. The number of halogens is 2. The van der Waals surface area contributed by atoms with Gasteiger partial charge in [0.25, 0.3) is 5.91 Å². The lowest BCUT2D eigenvalue weighted by Gasteiger charge is -2.01. The zero-order chi connectivity index (χ0) is 16.4. The average Bonchev–Trinajstić information content (AvgIpc) is 2.82. The molecule has 2 aromatic rings. The standard InChI is InChI=1S/C17H12BrClN2OS/c1-10-7-13(19)5-6-14(10)20-17-21-16(22)15(23-17)9-11-3-2-4-12(18)8-11/h2-9H,1H3,(H,20,21,22)/b15-9-. The van der Waals surface area contributed by atoms with Crippen LogP contribution in [0.1, 0.15) is 11.1 Å². The third-order valence-electron chi connectivity index (χ3n) is 3.18. The summed E-state index contributed by atoms with van der Waals surface area (Å²) in [5, 5.41) is 4.03. The minimum absolute atomic E-state index is 0.139. The van der Waals surface area contributed by atoms with Gasteiger partial charge in [0.05, 0.1) is 10.6 Å². The summed E-state index contributed by atoms with van der Waals surface area (Å²) in [7, 11) is 0. The second-order valence-electron chi connectivity index (χ2n) is 4.97. The molecule has 2 aromatic carbocycles. The van der Waals surface area contributed by atoms with Crippen LogP contribution < -0.4 is 5.32 Å². The van der Waals surface area contributed by atoms with Gasteiger partial charge in [-0.1, -0.05) is 39.7 Å². The minimum Gasteiger partial charge on any atom is -0.300 e. The van der Waals surface area contributed by atoms with Crippen molar-refractivity contribution < 1.29 is 4.79 Å². The number of hydrogen-bond acceptors (Lipinski definition) is 3. The molecule has 6 heteroatoms. The molecule has 1 saturated heterocycles. The third-order valence-corrected chi connectivity index (χ3v) is 4.82. The smallest absolute Gasteiger partial charge is 0.264 e. The van der Waals surface area contributed by atoms with Crippen LogP contribution >= 0.6 is 39.3 Å². The lowest BCUT2D eigenvalue weighted by molar-refractivity contribution is -0.115. The first kappa shape index (κ1) is 16.3. The lowest BCUT2D eigenvalue weighted by atomic mass is 10.2. The Morgan fingerprint density at radius 1 is 1.26 bits per heavy atom. The summed E-state index contributed by atoms with van der Waals surface area (Å²) in [6, 6.07) is 13.3. The highest BCUT2D eigenvalue weighted by atomic mass is 79.9. The molecule has 0 aliphatic carbocycles. The van der Waals surface area contributed by atoms with Gasteiger partial charge in [0, 0.05) is 9.50 Å². The van der Waals surface area contributed by atoms with Crippen molar-refractivity contribution in [1.29, 1.82) is 0 Å². The predicted molar refractivity (Wildman–Crippen MR) is 101 cm³/mol. The molecule has 3 nitrogen and oxygen atoms in total.